The molecule has 0 radical (unpaired) electrons. The first-order valence-electron chi connectivity index (χ1n) is 11.5. The highest BCUT2D eigenvalue weighted by molar-refractivity contribution is 14.1. The quantitative estimate of drug-likeness (QED) is 0.139. The number of furan rings is 1. The Kier molecular flexibility index (Phi) is 6.57. The number of hydrogen-bond donors (Lipinski definition) is 0. The first kappa shape index (κ1) is 23.0. The number of thioether (sulfide) groups is 1. The van der Waals surface area contributed by atoms with E-state index in [1.165, 1.54) is 9.13 Å². The summed E-state index contributed by atoms with van der Waals surface area (Å²) in [7, 11) is 0. The molecule has 6 aromatic rings. The molecule has 0 fully saturated rings. The van der Waals surface area contributed by atoms with E-state index in [0.29, 0.717) is 6.54 Å². The maximum Gasteiger partial charge on any atom is 0.192 e. The van der Waals surface area contributed by atoms with Gasteiger partial charge in [0.1, 0.15) is 5.76 Å². The van der Waals surface area contributed by atoms with Gasteiger partial charge in [0.2, 0.25) is 0 Å². The second-order valence-corrected chi connectivity index (χ2v) is 10.5. The van der Waals surface area contributed by atoms with E-state index in [2.05, 4.69) is 80.8 Å². The van der Waals surface area contributed by atoms with Crippen LogP contribution in [0.4, 0.5) is 0 Å². The van der Waals surface area contributed by atoms with Gasteiger partial charge in [-0.05, 0) is 64.6 Å². The molecule has 0 aliphatic carbocycles. The van der Waals surface area contributed by atoms with Crippen molar-refractivity contribution in [1.29, 1.82) is 0 Å². The molecule has 0 spiro atoms. The van der Waals surface area contributed by atoms with E-state index in [4.69, 9.17) is 14.5 Å². The van der Waals surface area contributed by atoms with Crippen molar-refractivity contribution < 1.29 is 4.42 Å². The van der Waals surface area contributed by atoms with Gasteiger partial charge in [0.15, 0.2) is 11.0 Å². The molecule has 6 rings (SSSR count). The molecule has 3 aromatic heterocycles. The molecule has 0 amide bonds. The molecule has 0 bridgehead atoms. The van der Waals surface area contributed by atoms with E-state index in [9.17, 15) is 0 Å². The maximum absolute atomic E-state index is 5.71. The largest absolute Gasteiger partial charge is 0.467 e. The van der Waals surface area contributed by atoms with Gasteiger partial charge in [0.25, 0.3) is 0 Å². The molecule has 0 N–H and O–H groups in total. The summed E-state index contributed by atoms with van der Waals surface area (Å²) in [6.07, 6.45) is 1.70. The van der Waals surface area contributed by atoms with Gasteiger partial charge >= 0.3 is 0 Å². The normalized spacial score (nSPS) is 11.2. The lowest BCUT2D eigenvalue weighted by Crippen LogP contribution is -2.04. The van der Waals surface area contributed by atoms with Crippen LogP contribution in [-0.2, 0) is 12.3 Å². The van der Waals surface area contributed by atoms with Crippen LogP contribution in [0.15, 0.2) is 113 Å². The molecule has 0 saturated carbocycles. The molecule has 0 saturated heterocycles. The van der Waals surface area contributed by atoms with E-state index in [0.717, 1.165) is 50.2 Å². The van der Waals surface area contributed by atoms with Crippen molar-refractivity contribution in [3.63, 3.8) is 0 Å². The molecule has 3 heterocycles. The van der Waals surface area contributed by atoms with Gasteiger partial charge in [-0.15, -0.1) is 10.2 Å². The lowest BCUT2D eigenvalue weighted by molar-refractivity contribution is 0.485. The first-order chi connectivity index (χ1) is 17.7. The summed E-state index contributed by atoms with van der Waals surface area (Å²) in [4.78, 5) is 4.95. The van der Waals surface area contributed by atoms with Crippen molar-refractivity contribution in [2.24, 2.45) is 0 Å². The summed E-state index contributed by atoms with van der Waals surface area (Å²) in [5.74, 6) is 2.46. The number of rotatable bonds is 7. The van der Waals surface area contributed by atoms with E-state index < -0.39 is 0 Å². The second-order valence-electron chi connectivity index (χ2n) is 8.33. The number of pyridine rings is 1. The van der Waals surface area contributed by atoms with Crippen LogP contribution in [0.3, 0.4) is 0 Å². The minimum atomic E-state index is 0.543. The Labute approximate surface area is 226 Å². The first-order valence-corrected chi connectivity index (χ1v) is 13.6. The highest BCUT2D eigenvalue weighted by atomic mass is 127. The summed E-state index contributed by atoms with van der Waals surface area (Å²) in [6, 6.07) is 33.0. The molecule has 7 heteroatoms. The molecular weight excluding hydrogens is 579 g/mol. The SMILES string of the molecule is Ic1ccc(CSc2nnc(-c3cc(-c4ccccc4)nc4ccccc34)n2Cc2ccco2)cc1. The van der Waals surface area contributed by atoms with Crippen molar-refractivity contribution >= 4 is 45.3 Å². The summed E-state index contributed by atoms with van der Waals surface area (Å²) in [5, 5.41) is 11.2. The fourth-order valence-electron chi connectivity index (χ4n) is 4.14. The van der Waals surface area contributed by atoms with Crippen LogP contribution in [0.2, 0.25) is 0 Å². The minimum absolute atomic E-state index is 0.543. The number of fused-ring (bicyclic) bond motifs is 1. The Morgan fingerprint density at radius 2 is 1.64 bits per heavy atom. The monoisotopic (exact) mass is 600 g/mol. The van der Waals surface area contributed by atoms with Crippen molar-refractivity contribution in [2.45, 2.75) is 17.5 Å². The van der Waals surface area contributed by atoms with Crippen molar-refractivity contribution in [1.82, 2.24) is 19.7 Å². The van der Waals surface area contributed by atoms with Gasteiger partial charge in [-0.1, -0.05) is 72.4 Å². The molecule has 0 unspecified atom stereocenters. The van der Waals surface area contributed by atoms with E-state index >= 15 is 0 Å². The Balaban J connectivity index is 1.46. The highest BCUT2D eigenvalue weighted by Crippen LogP contribution is 2.34. The number of benzene rings is 3. The average Bonchev–Trinajstić information content (AvgIpc) is 3.59. The van der Waals surface area contributed by atoms with Crippen LogP contribution < -0.4 is 0 Å². The lowest BCUT2D eigenvalue weighted by Gasteiger charge is -2.12. The third-order valence-electron chi connectivity index (χ3n) is 5.92. The molecule has 176 valence electrons. The molecule has 3 aromatic carbocycles. The Hall–Kier alpha value is -3.43. The van der Waals surface area contributed by atoms with Gasteiger partial charge in [-0.2, -0.15) is 0 Å². The topological polar surface area (TPSA) is 56.7 Å². The summed E-state index contributed by atoms with van der Waals surface area (Å²) < 4.78 is 9.08. The maximum atomic E-state index is 5.71. The van der Waals surface area contributed by atoms with Crippen LogP contribution >= 0.6 is 34.4 Å². The van der Waals surface area contributed by atoms with Crippen LogP contribution in [0, 0.1) is 3.57 Å². The lowest BCUT2D eigenvalue weighted by atomic mass is 10.0. The molecule has 0 aliphatic rings. The Morgan fingerprint density at radius 3 is 2.44 bits per heavy atom. The third-order valence-corrected chi connectivity index (χ3v) is 7.68. The molecule has 0 atom stereocenters. The Morgan fingerprint density at radius 1 is 0.833 bits per heavy atom. The third kappa shape index (κ3) is 4.81. The van der Waals surface area contributed by atoms with Crippen LogP contribution in [-0.4, -0.2) is 19.7 Å². The average molecular weight is 600 g/mol. The minimum Gasteiger partial charge on any atom is -0.467 e. The molecular formula is C29H21IN4OS. The number of nitrogens with zero attached hydrogens (tertiary/aromatic N) is 4. The predicted octanol–water partition coefficient (Wildman–Crippen LogP) is 7.70. The zero-order valence-electron chi connectivity index (χ0n) is 19.2. The van der Waals surface area contributed by atoms with Crippen molar-refractivity contribution in [3.8, 4) is 22.6 Å². The smallest absolute Gasteiger partial charge is 0.192 e. The van der Waals surface area contributed by atoms with Crippen LogP contribution in [0.5, 0.6) is 0 Å². The van der Waals surface area contributed by atoms with E-state index in [-0.39, 0.29) is 0 Å². The fourth-order valence-corrected chi connectivity index (χ4v) is 5.39. The molecule has 5 nitrogen and oxygen atoms in total. The number of halogens is 1. The van der Waals surface area contributed by atoms with Crippen LogP contribution in [0.25, 0.3) is 33.5 Å². The van der Waals surface area contributed by atoms with Gasteiger partial charge in [-0.25, -0.2) is 4.98 Å². The van der Waals surface area contributed by atoms with Crippen LogP contribution in [0.1, 0.15) is 11.3 Å². The van der Waals surface area contributed by atoms with E-state index in [1.807, 2.05) is 48.5 Å². The fraction of sp³-hybridized carbons (Fsp3) is 0.0690. The zero-order valence-corrected chi connectivity index (χ0v) is 22.2. The standard InChI is InChI=1S/C29H21IN4OS/c30-22-14-12-20(13-15-22)19-36-29-33-32-28(34(29)18-23-9-6-16-35-23)25-17-27(21-7-2-1-3-8-21)31-26-11-5-4-10-24(25)26/h1-17H,18-19H2. The van der Waals surface area contributed by atoms with Gasteiger partial charge in [0.05, 0.1) is 24.0 Å². The van der Waals surface area contributed by atoms with E-state index in [1.54, 1.807) is 18.0 Å². The summed E-state index contributed by atoms with van der Waals surface area (Å²) >= 11 is 4.01. The Bertz CT molecular complexity index is 1610. The predicted molar refractivity (Wildman–Crippen MR) is 153 cm³/mol. The summed E-state index contributed by atoms with van der Waals surface area (Å²) in [5.41, 5.74) is 5.14. The van der Waals surface area contributed by atoms with Crippen molar-refractivity contribution in [3.05, 3.63) is 118 Å². The second kappa shape index (κ2) is 10.3. The number of aromatic nitrogens is 4. The summed E-state index contributed by atoms with van der Waals surface area (Å²) in [6.45, 7) is 0.543. The van der Waals surface area contributed by atoms with Crippen molar-refractivity contribution in [2.75, 3.05) is 0 Å². The van der Waals surface area contributed by atoms with Gasteiger partial charge in [-0.3, -0.25) is 4.57 Å². The molecule has 0 aliphatic heterocycles. The van der Waals surface area contributed by atoms with Gasteiger partial charge < -0.3 is 4.42 Å². The molecule has 36 heavy (non-hydrogen) atoms. The number of para-hydroxylation sites is 1. The van der Waals surface area contributed by atoms with Gasteiger partial charge in [0, 0.05) is 25.8 Å². The highest BCUT2D eigenvalue weighted by Gasteiger charge is 2.19. The zero-order chi connectivity index (χ0) is 24.3. The number of hydrogen-bond acceptors (Lipinski definition) is 5.